The number of carbonyl (C=O) groups is 1. The van der Waals surface area contributed by atoms with Crippen LogP contribution in [0.1, 0.15) is 40.2 Å². The SMILES string of the molecule is NS(=O)(=O)OC[C@@H]1O[C@@H](n2cnc3c(N[C@H]4CCc5ccccc54)ncnc32)[C@@H](F)[C@@H]1OC(=O)c1ccccc1. The van der Waals surface area contributed by atoms with Gasteiger partial charge in [-0.05, 0) is 36.1 Å². The zero-order valence-corrected chi connectivity index (χ0v) is 21.8. The number of hydrogen-bond donors (Lipinski definition) is 2. The van der Waals surface area contributed by atoms with Gasteiger partial charge in [0.15, 0.2) is 35.5 Å². The topological polar surface area (TPSA) is 161 Å². The van der Waals surface area contributed by atoms with Crippen LogP contribution in [0, 0.1) is 0 Å². The van der Waals surface area contributed by atoms with Gasteiger partial charge in [0.2, 0.25) is 0 Å². The molecule has 1 saturated heterocycles. The first-order valence-electron chi connectivity index (χ1n) is 12.5. The highest BCUT2D eigenvalue weighted by Crippen LogP contribution is 2.38. The lowest BCUT2D eigenvalue weighted by Gasteiger charge is -2.19. The Bertz CT molecular complexity index is 1650. The number of aryl methyl sites for hydroxylation is 1. The van der Waals surface area contributed by atoms with Crippen LogP contribution in [-0.2, 0) is 30.4 Å². The number of imidazole rings is 1. The third-order valence-corrected chi connectivity index (χ3v) is 7.46. The molecule has 3 N–H and O–H groups in total. The number of nitrogens with one attached hydrogen (secondary N) is 1. The molecule has 0 spiro atoms. The van der Waals surface area contributed by atoms with E-state index in [1.165, 1.54) is 40.5 Å². The number of esters is 1. The molecule has 1 aliphatic carbocycles. The molecule has 6 rings (SSSR count). The molecule has 2 aromatic carbocycles. The van der Waals surface area contributed by atoms with E-state index in [2.05, 4.69) is 36.6 Å². The number of benzene rings is 2. The Morgan fingerprint density at radius 3 is 2.70 bits per heavy atom. The lowest BCUT2D eigenvalue weighted by Crippen LogP contribution is -2.37. The molecule has 4 aromatic rings. The minimum Gasteiger partial charge on any atom is -0.453 e. The van der Waals surface area contributed by atoms with E-state index in [9.17, 15) is 13.2 Å². The van der Waals surface area contributed by atoms with Gasteiger partial charge in [-0.3, -0.25) is 8.75 Å². The van der Waals surface area contributed by atoms with Crippen molar-refractivity contribution in [2.45, 2.75) is 43.5 Å². The maximum absolute atomic E-state index is 15.9. The Kier molecular flexibility index (Phi) is 6.92. The molecule has 1 fully saturated rings. The van der Waals surface area contributed by atoms with E-state index >= 15 is 4.39 Å². The largest absolute Gasteiger partial charge is 0.453 e. The number of aromatic nitrogens is 4. The van der Waals surface area contributed by atoms with Gasteiger partial charge in [0, 0.05) is 0 Å². The van der Waals surface area contributed by atoms with Crippen molar-refractivity contribution in [1.82, 2.24) is 19.5 Å². The first-order valence-corrected chi connectivity index (χ1v) is 14.0. The van der Waals surface area contributed by atoms with Crippen molar-refractivity contribution in [3.8, 4) is 0 Å². The average molecular weight is 569 g/mol. The average Bonchev–Trinajstić information content (AvgIpc) is 3.64. The highest BCUT2D eigenvalue weighted by atomic mass is 32.2. The van der Waals surface area contributed by atoms with Crippen LogP contribution in [-0.4, -0.2) is 58.9 Å². The number of halogens is 1. The van der Waals surface area contributed by atoms with Crippen LogP contribution in [0.2, 0.25) is 0 Å². The van der Waals surface area contributed by atoms with E-state index in [1.54, 1.807) is 18.2 Å². The van der Waals surface area contributed by atoms with Crippen molar-refractivity contribution in [2.24, 2.45) is 5.14 Å². The van der Waals surface area contributed by atoms with Gasteiger partial charge in [-0.25, -0.2) is 29.3 Å². The summed E-state index contributed by atoms with van der Waals surface area (Å²) >= 11 is 0. The number of nitrogens with two attached hydrogens (primary N) is 1. The minimum atomic E-state index is -4.37. The Balaban J connectivity index is 1.28. The number of nitrogens with zero attached hydrogens (tertiary/aromatic N) is 4. The maximum atomic E-state index is 15.9. The van der Waals surface area contributed by atoms with Crippen molar-refractivity contribution in [3.63, 3.8) is 0 Å². The summed E-state index contributed by atoms with van der Waals surface area (Å²) in [5.41, 5.74) is 3.30. The monoisotopic (exact) mass is 568 g/mol. The van der Waals surface area contributed by atoms with E-state index in [0.717, 1.165) is 12.8 Å². The first kappa shape index (κ1) is 26.3. The van der Waals surface area contributed by atoms with Crippen molar-refractivity contribution in [3.05, 3.63) is 83.9 Å². The van der Waals surface area contributed by atoms with E-state index in [-0.39, 0.29) is 17.3 Å². The predicted molar refractivity (Wildman–Crippen MR) is 140 cm³/mol. The van der Waals surface area contributed by atoms with Gasteiger partial charge in [0.1, 0.15) is 12.4 Å². The second-order valence-corrected chi connectivity index (χ2v) is 10.7. The summed E-state index contributed by atoms with van der Waals surface area (Å²) in [4.78, 5) is 25.8. The third kappa shape index (κ3) is 5.13. The quantitative estimate of drug-likeness (QED) is 0.302. The molecular weight excluding hydrogens is 543 g/mol. The van der Waals surface area contributed by atoms with Gasteiger partial charge in [0.25, 0.3) is 0 Å². The lowest BCUT2D eigenvalue weighted by molar-refractivity contribution is -0.0454. The second-order valence-electron chi connectivity index (χ2n) is 9.50. The van der Waals surface area contributed by atoms with Crippen molar-refractivity contribution >= 4 is 33.3 Å². The Morgan fingerprint density at radius 1 is 1.12 bits per heavy atom. The van der Waals surface area contributed by atoms with Crippen molar-refractivity contribution in [2.75, 3.05) is 11.9 Å². The third-order valence-electron chi connectivity index (χ3n) is 6.99. The number of alkyl halides is 1. The fourth-order valence-corrected chi connectivity index (χ4v) is 5.46. The van der Waals surface area contributed by atoms with Gasteiger partial charge >= 0.3 is 16.3 Å². The summed E-state index contributed by atoms with van der Waals surface area (Å²) in [6.07, 6.45) is -1.59. The summed E-state index contributed by atoms with van der Waals surface area (Å²) in [5.74, 6) is -0.334. The fraction of sp³-hybridized carbons (Fsp3) is 0.308. The second kappa shape index (κ2) is 10.5. The molecule has 0 unspecified atom stereocenters. The lowest BCUT2D eigenvalue weighted by atomic mass is 10.1. The maximum Gasteiger partial charge on any atom is 0.338 e. The summed E-state index contributed by atoms with van der Waals surface area (Å²) < 4.78 is 56.1. The number of rotatable bonds is 8. The molecule has 208 valence electrons. The minimum absolute atomic E-state index is 0.0256. The van der Waals surface area contributed by atoms with E-state index < -0.39 is 47.5 Å². The molecule has 1 aliphatic heterocycles. The van der Waals surface area contributed by atoms with Gasteiger partial charge in [-0.15, -0.1) is 0 Å². The number of carbonyl (C=O) groups excluding carboxylic acids is 1. The zero-order chi connectivity index (χ0) is 27.9. The van der Waals surface area contributed by atoms with Crippen LogP contribution < -0.4 is 10.5 Å². The molecule has 40 heavy (non-hydrogen) atoms. The number of hydrogen-bond acceptors (Lipinski definition) is 10. The van der Waals surface area contributed by atoms with Gasteiger partial charge in [-0.2, -0.15) is 8.42 Å². The number of anilines is 1. The molecule has 0 amide bonds. The molecule has 5 atom stereocenters. The Hall–Kier alpha value is -3.98. The Labute approximate surface area is 228 Å². The molecule has 14 heteroatoms. The molecule has 0 bridgehead atoms. The van der Waals surface area contributed by atoms with Crippen LogP contribution in [0.25, 0.3) is 11.2 Å². The summed E-state index contributed by atoms with van der Waals surface area (Å²) in [6, 6.07) is 16.2. The number of ether oxygens (including phenoxy) is 2. The van der Waals surface area contributed by atoms with E-state index in [0.29, 0.717) is 11.3 Å². The highest BCUT2D eigenvalue weighted by molar-refractivity contribution is 7.84. The van der Waals surface area contributed by atoms with Gasteiger partial charge < -0.3 is 14.8 Å². The van der Waals surface area contributed by atoms with Crippen molar-refractivity contribution in [1.29, 1.82) is 0 Å². The smallest absolute Gasteiger partial charge is 0.338 e. The standard InChI is InChI=1S/C26H25FN6O6S/c27-20-22(39-26(34)16-7-2-1-3-8-16)19(12-37-40(28,35)36)38-25(20)33-14-31-21-23(29-13-30-24(21)33)32-18-11-10-15-6-4-5-9-17(15)18/h1-9,13-14,18-20,22,25H,10-12H2,(H2,28,35,36)(H,29,30,32)/t18-,19-,20-,22+,25+/m0/s1. The fourth-order valence-electron chi connectivity index (χ4n) is 5.14. The van der Waals surface area contributed by atoms with Crippen LogP contribution >= 0.6 is 0 Å². The van der Waals surface area contributed by atoms with E-state index in [1.807, 2.05) is 12.1 Å². The van der Waals surface area contributed by atoms with Crippen LogP contribution in [0.5, 0.6) is 0 Å². The van der Waals surface area contributed by atoms with E-state index in [4.69, 9.17) is 14.6 Å². The molecule has 0 radical (unpaired) electrons. The highest BCUT2D eigenvalue weighted by Gasteiger charge is 2.49. The normalized spacial score (nSPS) is 24.2. The molecule has 3 heterocycles. The van der Waals surface area contributed by atoms with Crippen LogP contribution in [0.4, 0.5) is 10.2 Å². The predicted octanol–water partition coefficient (Wildman–Crippen LogP) is 2.61. The molecule has 0 saturated carbocycles. The molecular formula is C26H25FN6O6S. The van der Waals surface area contributed by atoms with Gasteiger partial charge in [0.05, 0.1) is 24.5 Å². The summed E-state index contributed by atoms with van der Waals surface area (Å²) in [6.45, 7) is -0.669. The van der Waals surface area contributed by atoms with Crippen LogP contribution in [0.3, 0.4) is 0 Å². The Morgan fingerprint density at radius 2 is 1.90 bits per heavy atom. The summed E-state index contributed by atoms with van der Waals surface area (Å²) in [7, 11) is -4.37. The van der Waals surface area contributed by atoms with Crippen molar-refractivity contribution < 1.29 is 31.3 Å². The summed E-state index contributed by atoms with van der Waals surface area (Å²) in [5, 5.41) is 8.38. The molecule has 12 nitrogen and oxygen atoms in total. The molecule has 2 aromatic heterocycles. The first-order chi connectivity index (χ1) is 19.3. The number of fused-ring (bicyclic) bond motifs is 2. The molecule has 2 aliphatic rings. The van der Waals surface area contributed by atoms with Crippen LogP contribution in [0.15, 0.2) is 67.3 Å². The van der Waals surface area contributed by atoms with Gasteiger partial charge in [-0.1, -0.05) is 42.5 Å². The zero-order valence-electron chi connectivity index (χ0n) is 21.0.